The van der Waals surface area contributed by atoms with E-state index >= 15 is 0 Å². The fraction of sp³-hybridized carbons (Fsp3) is 0.360. The molecule has 0 aromatic heterocycles. The molecule has 34 heavy (non-hydrogen) atoms. The summed E-state index contributed by atoms with van der Waals surface area (Å²) >= 11 is 0. The van der Waals surface area contributed by atoms with E-state index in [1.165, 1.54) is 30.3 Å². The lowest BCUT2D eigenvalue weighted by molar-refractivity contribution is -0.153. The van der Waals surface area contributed by atoms with Crippen molar-refractivity contribution in [1.29, 1.82) is 0 Å². The van der Waals surface area contributed by atoms with E-state index in [-0.39, 0.29) is 18.5 Å². The largest absolute Gasteiger partial charge is 0.502 e. The van der Waals surface area contributed by atoms with Gasteiger partial charge >= 0.3 is 0 Å². The van der Waals surface area contributed by atoms with Crippen molar-refractivity contribution in [2.45, 2.75) is 37.4 Å². The zero-order chi connectivity index (χ0) is 24.3. The second-order valence-electron chi connectivity index (χ2n) is 8.72. The van der Waals surface area contributed by atoms with Crippen LogP contribution in [-0.4, -0.2) is 65.2 Å². The van der Waals surface area contributed by atoms with Crippen LogP contribution in [0.5, 0.6) is 0 Å². The Morgan fingerprint density at radius 3 is 2.59 bits per heavy atom. The first kappa shape index (κ1) is 23.7. The van der Waals surface area contributed by atoms with E-state index in [4.69, 9.17) is 4.74 Å². The lowest BCUT2D eigenvalue weighted by Crippen LogP contribution is -2.75. The van der Waals surface area contributed by atoms with Crippen LogP contribution in [0.25, 0.3) is 0 Å². The number of hydrogen-bond donors (Lipinski definition) is 3. The molecule has 0 radical (unpaired) electrons. The predicted octanol–water partition coefficient (Wildman–Crippen LogP) is 1.89. The minimum absolute atomic E-state index is 0.151. The SMILES string of the molecule is CN1C[C@H](OCc2ccccc2)C[C@H]1C1(C(=O)NCc2ccc(F)cc2)NC=C(O)C(=O)N1C. The summed E-state index contributed by atoms with van der Waals surface area (Å²) in [6.45, 7) is 1.17. The van der Waals surface area contributed by atoms with E-state index in [2.05, 4.69) is 10.6 Å². The number of carbonyl (C=O) groups excluding carboxylic acids is 2. The number of likely N-dealkylation sites (tertiary alicyclic amines) is 1. The number of aliphatic hydroxyl groups excluding tert-OH is 1. The van der Waals surface area contributed by atoms with Gasteiger partial charge in [-0.25, -0.2) is 4.39 Å². The summed E-state index contributed by atoms with van der Waals surface area (Å²) in [7, 11) is 3.37. The molecule has 4 rings (SSSR count). The molecule has 1 unspecified atom stereocenters. The van der Waals surface area contributed by atoms with Crippen LogP contribution in [0.3, 0.4) is 0 Å². The second-order valence-corrected chi connectivity index (χ2v) is 8.72. The van der Waals surface area contributed by atoms with E-state index < -0.39 is 29.3 Å². The van der Waals surface area contributed by atoms with Gasteiger partial charge in [-0.05, 0) is 36.7 Å². The third kappa shape index (κ3) is 4.62. The molecule has 2 aliphatic heterocycles. The minimum atomic E-state index is -1.47. The van der Waals surface area contributed by atoms with Crippen LogP contribution in [0.4, 0.5) is 4.39 Å². The van der Waals surface area contributed by atoms with Crippen molar-refractivity contribution >= 4 is 11.8 Å². The number of nitrogens with zero attached hydrogens (tertiary/aromatic N) is 2. The van der Waals surface area contributed by atoms with Gasteiger partial charge in [0.25, 0.3) is 11.8 Å². The monoisotopic (exact) mass is 468 g/mol. The van der Waals surface area contributed by atoms with E-state index in [9.17, 15) is 19.1 Å². The van der Waals surface area contributed by atoms with Crippen molar-refractivity contribution in [3.8, 4) is 0 Å². The molecular formula is C25H29FN4O4. The summed E-state index contributed by atoms with van der Waals surface area (Å²) in [4.78, 5) is 29.6. The van der Waals surface area contributed by atoms with E-state index in [1.54, 1.807) is 12.1 Å². The first-order valence-corrected chi connectivity index (χ1v) is 11.1. The number of halogens is 1. The van der Waals surface area contributed by atoms with Crippen LogP contribution in [0.15, 0.2) is 66.6 Å². The number of amides is 2. The summed E-state index contributed by atoms with van der Waals surface area (Å²) in [6, 6.07) is 15.2. The maximum absolute atomic E-state index is 13.6. The topological polar surface area (TPSA) is 94.1 Å². The summed E-state index contributed by atoms with van der Waals surface area (Å²) in [5, 5.41) is 15.8. The molecule has 2 aromatic rings. The highest BCUT2D eigenvalue weighted by atomic mass is 19.1. The predicted molar refractivity (Wildman–Crippen MR) is 124 cm³/mol. The normalized spacial score (nSPS) is 25.1. The van der Waals surface area contributed by atoms with E-state index in [0.29, 0.717) is 19.6 Å². The Hall–Kier alpha value is -3.43. The maximum atomic E-state index is 13.6. The van der Waals surface area contributed by atoms with Crippen LogP contribution in [-0.2, 0) is 27.5 Å². The number of likely N-dealkylation sites (N-methyl/N-ethyl adjacent to an activating group) is 2. The standard InChI is InChI=1S/C25H29FN4O4/c1-29-15-20(34-16-18-6-4-3-5-7-18)12-22(29)25(28-14-21(31)23(32)30(25)2)24(33)27-13-17-8-10-19(26)11-9-17/h3-11,14,20,22,28,31H,12-13,15-16H2,1-2H3,(H,27,33)/t20-,22+,25?/m1/s1. The molecule has 0 spiro atoms. The van der Waals surface area contributed by atoms with Gasteiger partial charge in [0.05, 0.1) is 18.8 Å². The first-order valence-electron chi connectivity index (χ1n) is 11.1. The fourth-order valence-corrected chi connectivity index (χ4v) is 4.63. The highest BCUT2D eigenvalue weighted by Crippen LogP contribution is 2.33. The Bertz CT molecular complexity index is 1060. The van der Waals surface area contributed by atoms with Crippen LogP contribution in [0.1, 0.15) is 17.5 Å². The maximum Gasteiger partial charge on any atom is 0.292 e. The molecule has 3 atom stereocenters. The second kappa shape index (κ2) is 9.82. The molecular weight excluding hydrogens is 439 g/mol. The lowest BCUT2D eigenvalue weighted by Gasteiger charge is -2.48. The molecule has 3 N–H and O–H groups in total. The van der Waals surface area contributed by atoms with Gasteiger partial charge in [0.2, 0.25) is 5.66 Å². The summed E-state index contributed by atoms with van der Waals surface area (Å²) in [5.41, 5.74) is 0.302. The molecule has 1 saturated heterocycles. The van der Waals surface area contributed by atoms with Crippen molar-refractivity contribution in [2.24, 2.45) is 0 Å². The lowest BCUT2D eigenvalue weighted by atomic mass is 9.92. The summed E-state index contributed by atoms with van der Waals surface area (Å²) in [5.74, 6) is -1.92. The van der Waals surface area contributed by atoms with Gasteiger partial charge in [-0.3, -0.25) is 14.5 Å². The Balaban J connectivity index is 1.54. The van der Waals surface area contributed by atoms with Crippen molar-refractivity contribution in [3.63, 3.8) is 0 Å². The molecule has 0 saturated carbocycles. The van der Waals surface area contributed by atoms with Gasteiger partial charge in [-0.2, -0.15) is 0 Å². The number of carbonyl (C=O) groups is 2. The molecule has 180 valence electrons. The number of hydrogen-bond acceptors (Lipinski definition) is 6. The fourth-order valence-electron chi connectivity index (χ4n) is 4.63. The number of ether oxygens (including phenoxy) is 1. The van der Waals surface area contributed by atoms with Gasteiger partial charge < -0.3 is 25.4 Å². The van der Waals surface area contributed by atoms with Gasteiger partial charge in [0.1, 0.15) is 5.82 Å². The molecule has 2 heterocycles. The molecule has 0 bridgehead atoms. The Kier molecular flexibility index (Phi) is 6.85. The average molecular weight is 469 g/mol. The molecule has 1 fully saturated rings. The molecule has 2 aromatic carbocycles. The Morgan fingerprint density at radius 1 is 1.18 bits per heavy atom. The van der Waals surface area contributed by atoms with Crippen LogP contribution in [0, 0.1) is 5.82 Å². The van der Waals surface area contributed by atoms with Gasteiger partial charge in [0, 0.05) is 26.3 Å². The van der Waals surface area contributed by atoms with Crippen LogP contribution >= 0.6 is 0 Å². The third-order valence-electron chi connectivity index (χ3n) is 6.51. The molecule has 9 heteroatoms. The van der Waals surface area contributed by atoms with Gasteiger partial charge in [0.15, 0.2) is 5.76 Å². The van der Waals surface area contributed by atoms with Crippen molar-refractivity contribution in [3.05, 3.63) is 83.5 Å². The van der Waals surface area contributed by atoms with Crippen LogP contribution < -0.4 is 10.6 Å². The summed E-state index contributed by atoms with van der Waals surface area (Å²) in [6.07, 6.45) is 1.51. The van der Waals surface area contributed by atoms with Crippen molar-refractivity contribution in [1.82, 2.24) is 20.4 Å². The first-order chi connectivity index (χ1) is 16.3. The smallest absolute Gasteiger partial charge is 0.292 e. The van der Waals surface area contributed by atoms with Crippen LogP contribution in [0.2, 0.25) is 0 Å². The molecule has 2 amide bonds. The zero-order valence-electron chi connectivity index (χ0n) is 19.2. The summed E-state index contributed by atoms with van der Waals surface area (Å²) < 4.78 is 19.4. The highest BCUT2D eigenvalue weighted by molar-refractivity contribution is 5.99. The highest BCUT2D eigenvalue weighted by Gasteiger charge is 2.57. The van der Waals surface area contributed by atoms with E-state index in [1.807, 2.05) is 42.3 Å². The van der Waals surface area contributed by atoms with Gasteiger partial charge in [-0.1, -0.05) is 42.5 Å². The molecule has 0 aliphatic carbocycles. The molecule has 8 nitrogen and oxygen atoms in total. The Morgan fingerprint density at radius 2 is 1.88 bits per heavy atom. The minimum Gasteiger partial charge on any atom is -0.502 e. The number of rotatable bonds is 7. The number of nitrogens with one attached hydrogen (secondary N) is 2. The van der Waals surface area contributed by atoms with Crippen molar-refractivity contribution < 1.29 is 23.8 Å². The number of aliphatic hydroxyl groups is 1. The quantitative estimate of drug-likeness (QED) is 0.575. The molecule has 2 aliphatic rings. The third-order valence-corrected chi connectivity index (χ3v) is 6.51. The zero-order valence-corrected chi connectivity index (χ0v) is 19.2. The Labute approximate surface area is 198 Å². The van der Waals surface area contributed by atoms with Crippen molar-refractivity contribution in [2.75, 3.05) is 20.6 Å². The van der Waals surface area contributed by atoms with Gasteiger partial charge in [-0.15, -0.1) is 0 Å². The van der Waals surface area contributed by atoms with E-state index in [0.717, 1.165) is 11.1 Å². The number of benzene rings is 2. The average Bonchev–Trinajstić information content (AvgIpc) is 3.22.